The lowest BCUT2D eigenvalue weighted by molar-refractivity contribution is 0.197. The molecule has 0 heterocycles. The van der Waals surface area contributed by atoms with Gasteiger partial charge >= 0.3 is 14.3 Å². The normalized spacial score (nSPS) is 11.6. The first-order chi connectivity index (χ1) is 13.9. The minimum absolute atomic E-state index is 0.112. The van der Waals surface area contributed by atoms with Gasteiger partial charge in [0.2, 0.25) is 10.0 Å². The Morgan fingerprint density at radius 3 is 2.21 bits per heavy atom. The van der Waals surface area contributed by atoms with Crippen molar-refractivity contribution >= 4 is 24.4 Å². The highest BCUT2D eigenvalue weighted by Gasteiger charge is 2.19. The minimum Gasteiger partial charge on any atom is -0.457 e. The predicted molar refractivity (Wildman–Crippen MR) is 105 cm³/mol. The van der Waals surface area contributed by atoms with Crippen LogP contribution in [0.2, 0.25) is 0 Å². The fraction of sp³-hybridized carbons (Fsp3) is 0.235. The Morgan fingerprint density at radius 2 is 1.55 bits per heavy atom. The summed E-state index contributed by atoms with van der Waals surface area (Å²) in [5.74, 6) is 1.17. The van der Waals surface area contributed by atoms with E-state index in [0.29, 0.717) is 24.6 Å². The number of benzene rings is 2. The maximum absolute atomic E-state index is 12.3. The Bertz CT molecular complexity index is 908. The Labute approximate surface area is 169 Å². The lowest BCUT2D eigenvalue weighted by atomic mass is 10.3. The Morgan fingerprint density at radius 1 is 0.931 bits per heavy atom. The largest absolute Gasteiger partial charge is 0.752 e. The molecule has 1 atom stereocenters. The SMILES string of the molecule is O=C(NCCNCCNS(=O)(=O)c1ccc(Oc2ccccc2)cc1)O[P+](=O)O. The minimum atomic E-state index is -3.67. The van der Waals surface area contributed by atoms with Crippen LogP contribution in [0.15, 0.2) is 59.5 Å². The summed E-state index contributed by atoms with van der Waals surface area (Å²) in [6.45, 7) is 0.930. The number of rotatable bonds is 11. The van der Waals surface area contributed by atoms with Crippen LogP contribution in [0.1, 0.15) is 0 Å². The van der Waals surface area contributed by atoms with Crippen LogP contribution in [0.5, 0.6) is 11.5 Å². The van der Waals surface area contributed by atoms with Gasteiger partial charge in [-0.05, 0) is 36.4 Å². The summed E-state index contributed by atoms with van der Waals surface area (Å²) in [7, 11) is -6.65. The molecule has 0 aromatic heterocycles. The summed E-state index contributed by atoms with van der Waals surface area (Å²) in [5.41, 5.74) is 0. The van der Waals surface area contributed by atoms with E-state index in [0.717, 1.165) is 0 Å². The number of carbonyl (C=O) groups is 1. The molecule has 0 saturated heterocycles. The second kappa shape index (κ2) is 11.4. The van der Waals surface area contributed by atoms with Gasteiger partial charge in [0.05, 0.1) is 4.90 Å². The fourth-order valence-electron chi connectivity index (χ4n) is 2.15. The first kappa shape index (κ1) is 22.7. The van der Waals surface area contributed by atoms with Crippen molar-refractivity contribution in [2.75, 3.05) is 26.2 Å². The fourth-order valence-corrected chi connectivity index (χ4v) is 3.39. The smallest absolute Gasteiger partial charge is 0.457 e. The van der Waals surface area contributed by atoms with Gasteiger partial charge in [0.25, 0.3) is 0 Å². The van der Waals surface area contributed by atoms with Crippen LogP contribution in [0.4, 0.5) is 4.79 Å². The predicted octanol–water partition coefficient (Wildman–Crippen LogP) is 1.72. The Kier molecular flexibility index (Phi) is 8.97. The van der Waals surface area contributed by atoms with E-state index in [9.17, 15) is 17.8 Å². The van der Waals surface area contributed by atoms with Crippen molar-refractivity contribution in [1.82, 2.24) is 15.4 Å². The van der Waals surface area contributed by atoms with E-state index in [-0.39, 0.29) is 18.0 Å². The van der Waals surface area contributed by atoms with Gasteiger partial charge < -0.3 is 15.4 Å². The molecule has 0 aliphatic carbocycles. The van der Waals surface area contributed by atoms with E-state index in [2.05, 4.69) is 19.9 Å². The van der Waals surface area contributed by atoms with Crippen LogP contribution in [0, 0.1) is 0 Å². The topological polar surface area (TPSA) is 143 Å². The van der Waals surface area contributed by atoms with Crippen molar-refractivity contribution in [3.8, 4) is 11.5 Å². The monoisotopic (exact) mass is 442 g/mol. The number of ether oxygens (including phenoxy) is 1. The van der Waals surface area contributed by atoms with E-state index in [1.165, 1.54) is 12.1 Å². The standard InChI is InChI=1S/C17H20N3O7PS/c21-17(27-28(22)23)19-12-10-18-11-13-20-29(24,25)16-8-6-15(7-9-16)26-14-4-2-1-3-5-14/h1-9,18,20H,10-13H2,(H-,19,21,22,23)/p+1. The molecule has 0 aliphatic heterocycles. The van der Waals surface area contributed by atoms with E-state index < -0.39 is 24.4 Å². The van der Waals surface area contributed by atoms with Gasteiger partial charge in [0.1, 0.15) is 11.5 Å². The molecule has 0 spiro atoms. The van der Waals surface area contributed by atoms with Crippen molar-refractivity contribution < 1.29 is 31.9 Å². The third-order valence-electron chi connectivity index (χ3n) is 3.44. The molecule has 29 heavy (non-hydrogen) atoms. The lowest BCUT2D eigenvalue weighted by Gasteiger charge is -2.09. The summed E-state index contributed by atoms with van der Waals surface area (Å²) in [6.07, 6.45) is -1.00. The molecular formula is C17H21N3O7PS+. The highest BCUT2D eigenvalue weighted by molar-refractivity contribution is 7.89. The Hall–Kier alpha value is -2.56. The van der Waals surface area contributed by atoms with Crippen molar-refractivity contribution in [2.24, 2.45) is 0 Å². The zero-order valence-corrected chi connectivity index (χ0v) is 17.0. The average molecular weight is 442 g/mol. The zero-order chi connectivity index (χ0) is 21.1. The molecule has 156 valence electrons. The van der Waals surface area contributed by atoms with Crippen LogP contribution in [-0.4, -0.2) is 45.6 Å². The van der Waals surface area contributed by atoms with E-state index in [1.807, 2.05) is 18.2 Å². The third kappa shape index (κ3) is 8.55. The number of para-hydroxylation sites is 1. The van der Waals surface area contributed by atoms with Crippen LogP contribution < -0.4 is 20.1 Å². The van der Waals surface area contributed by atoms with Gasteiger partial charge in [-0.2, -0.15) is 4.52 Å². The summed E-state index contributed by atoms with van der Waals surface area (Å²) in [6, 6.07) is 15.2. The van der Waals surface area contributed by atoms with Gasteiger partial charge in [-0.25, -0.2) is 17.9 Å². The number of carbonyl (C=O) groups excluding carboxylic acids is 1. The van der Waals surface area contributed by atoms with Crippen LogP contribution in [-0.2, 0) is 19.1 Å². The maximum Gasteiger partial charge on any atom is 0.752 e. The number of nitrogens with one attached hydrogen (secondary N) is 3. The summed E-state index contributed by atoms with van der Waals surface area (Å²) in [5, 5.41) is 5.15. The second-order valence-electron chi connectivity index (χ2n) is 5.58. The Balaban J connectivity index is 1.70. The molecule has 2 aromatic rings. The van der Waals surface area contributed by atoms with Gasteiger partial charge in [-0.1, -0.05) is 18.2 Å². The third-order valence-corrected chi connectivity index (χ3v) is 5.24. The van der Waals surface area contributed by atoms with Gasteiger partial charge in [0, 0.05) is 30.7 Å². The van der Waals surface area contributed by atoms with Crippen molar-refractivity contribution in [1.29, 1.82) is 0 Å². The highest BCUT2D eigenvalue weighted by Crippen LogP contribution is 2.22. The molecule has 0 radical (unpaired) electrons. The maximum atomic E-state index is 12.3. The van der Waals surface area contributed by atoms with Gasteiger partial charge in [-0.15, -0.1) is 4.89 Å². The van der Waals surface area contributed by atoms with Crippen molar-refractivity contribution in [3.63, 3.8) is 0 Å². The van der Waals surface area contributed by atoms with E-state index in [4.69, 9.17) is 9.63 Å². The molecule has 0 aliphatic rings. The number of sulfonamides is 1. The van der Waals surface area contributed by atoms with Gasteiger partial charge in [0.15, 0.2) is 0 Å². The molecular weight excluding hydrogens is 421 g/mol. The molecule has 12 heteroatoms. The molecule has 2 rings (SSSR count). The molecule has 1 amide bonds. The number of amides is 1. The average Bonchev–Trinajstić information content (AvgIpc) is 2.68. The van der Waals surface area contributed by atoms with Crippen LogP contribution in [0.3, 0.4) is 0 Å². The molecule has 0 bridgehead atoms. The quantitative estimate of drug-likeness (QED) is 0.304. The molecule has 0 fully saturated rings. The lowest BCUT2D eigenvalue weighted by Crippen LogP contribution is -2.36. The van der Waals surface area contributed by atoms with Crippen molar-refractivity contribution in [3.05, 3.63) is 54.6 Å². The second-order valence-corrected chi connectivity index (χ2v) is 8.00. The summed E-state index contributed by atoms with van der Waals surface area (Å²) >= 11 is 0. The molecule has 2 aromatic carbocycles. The summed E-state index contributed by atoms with van der Waals surface area (Å²) in [4.78, 5) is 19.4. The van der Waals surface area contributed by atoms with Crippen LogP contribution >= 0.6 is 8.25 Å². The number of hydrogen-bond donors (Lipinski definition) is 4. The molecule has 4 N–H and O–H groups in total. The van der Waals surface area contributed by atoms with Gasteiger partial charge in [-0.3, -0.25) is 0 Å². The molecule has 0 saturated carbocycles. The van der Waals surface area contributed by atoms with E-state index in [1.54, 1.807) is 24.3 Å². The van der Waals surface area contributed by atoms with E-state index >= 15 is 0 Å². The first-order valence-corrected chi connectivity index (χ1v) is 11.1. The molecule has 1 unspecified atom stereocenters. The zero-order valence-electron chi connectivity index (χ0n) is 15.3. The summed E-state index contributed by atoms with van der Waals surface area (Å²) < 4.78 is 46.9. The van der Waals surface area contributed by atoms with Crippen LogP contribution in [0.25, 0.3) is 0 Å². The first-order valence-electron chi connectivity index (χ1n) is 8.52. The molecule has 10 nitrogen and oxygen atoms in total. The van der Waals surface area contributed by atoms with Crippen molar-refractivity contribution in [2.45, 2.75) is 4.90 Å². The number of hydrogen-bond acceptors (Lipinski definition) is 7. The highest BCUT2D eigenvalue weighted by atomic mass is 32.2.